The number of hydrogen-bond acceptors (Lipinski definition) is 7. The highest BCUT2D eigenvalue weighted by molar-refractivity contribution is 6.33. The molecule has 4 rings (SSSR count). The van der Waals surface area contributed by atoms with Crippen molar-refractivity contribution in [3.8, 4) is 5.75 Å². The molecule has 0 atom stereocenters. The van der Waals surface area contributed by atoms with Crippen molar-refractivity contribution in [1.82, 2.24) is 24.8 Å². The zero-order valence-corrected chi connectivity index (χ0v) is 17.5. The van der Waals surface area contributed by atoms with Crippen LogP contribution in [0.3, 0.4) is 0 Å². The molecule has 2 aromatic heterocycles. The molecule has 3 heterocycles. The van der Waals surface area contributed by atoms with Gasteiger partial charge in [0.2, 0.25) is 5.95 Å². The normalized spacial score (nSPS) is 14.5. The number of methoxy groups -OCH3 is 1. The van der Waals surface area contributed by atoms with Crippen molar-refractivity contribution in [3.05, 3.63) is 46.7 Å². The number of aromatic nitrogens is 3. The highest BCUT2D eigenvalue weighted by Crippen LogP contribution is 2.27. The first-order valence-corrected chi connectivity index (χ1v) is 9.89. The van der Waals surface area contributed by atoms with Gasteiger partial charge in [0.25, 0.3) is 0 Å². The minimum Gasteiger partial charge on any atom is -0.496 e. The van der Waals surface area contributed by atoms with Crippen LogP contribution in [-0.4, -0.2) is 58.9 Å². The van der Waals surface area contributed by atoms with E-state index in [4.69, 9.17) is 26.8 Å². The summed E-state index contributed by atoms with van der Waals surface area (Å²) < 4.78 is 12.8. The van der Waals surface area contributed by atoms with Gasteiger partial charge in [0.1, 0.15) is 17.4 Å². The van der Waals surface area contributed by atoms with Gasteiger partial charge in [-0.3, -0.25) is 4.90 Å². The van der Waals surface area contributed by atoms with Crippen LogP contribution in [0.25, 0.3) is 11.0 Å². The Bertz CT molecular complexity index is 1080. The van der Waals surface area contributed by atoms with Crippen LogP contribution in [0.5, 0.6) is 5.75 Å². The van der Waals surface area contributed by atoms with Gasteiger partial charge in [-0.05, 0) is 17.7 Å². The van der Waals surface area contributed by atoms with Crippen LogP contribution in [0, 0.1) is 0 Å². The largest absolute Gasteiger partial charge is 0.496 e. The van der Waals surface area contributed by atoms with E-state index >= 15 is 0 Å². The minimum absolute atomic E-state index is 0.0610. The maximum absolute atomic E-state index is 11.3. The number of rotatable bonds is 6. The zero-order chi connectivity index (χ0) is 21.3. The van der Waals surface area contributed by atoms with Gasteiger partial charge in [0, 0.05) is 38.4 Å². The van der Waals surface area contributed by atoms with E-state index in [-0.39, 0.29) is 12.1 Å². The highest BCUT2D eigenvalue weighted by Gasteiger charge is 2.29. The average Bonchev–Trinajstić information content (AvgIpc) is 3.09. The molecule has 0 saturated carbocycles. The minimum atomic E-state index is -0.392. The van der Waals surface area contributed by atoms with Gasteiger partial charge in [0.05, 0.1) is 19.2 Å². The molecular weight excluding hydrogens is 408 g/mol. The van der Waals surface area contributed by atoms with Crippen LogP contribution in [0.15, 0.2) is 30.5 Å². The van der Waals surface area contributed by atoms with Gasteiger partial charge < -0.3 is 25.1 Å². The predicted octanol–water partition coefficient (Wildman–Crippen LogP) is 2.26. The molecule has 0 spiro atoms. The van der Waals surface area contributed by atoms with E-state index < -0.39 is 6.09 Å². The molecule has 9 nitrogen and oxygen atoms in total. The molecule has 10 heteroatoms. The van der Waals surface area contributed by atoms with Crippen LogP contribution >= 0.6 is 11.6 Å². The lowest BCUT2D eigenvalue weighted by Crippen LogP contribution is -2.52. The number of halogens is 1. The molecule has 1 aliphatic rings. The van der Waals surface area contributed by atoms with Crippen molar-refractivity contribution in [1.29, 1.82) is 0 Å². The molecule has 0 radical (unpaired) electrons. The van der Waals surface area contributed by atoms with Gasteiger partial charge in [-0.2, -0.15) is 4.98 Å². The summed E-state index contributed by atoms with van der Waals surface area (Å²) in [5.41, 5.74) is 9.25. The van der Waals surface area contributed by atoms with Crippen molar-refractivity contribution in [2.24, 2.45) is 0 Å². The summed E-state index contributed by atoms with van der Waals surface area (Å²) in [6, 6.07) is 8.02. The number of benzene rings is 1. The van der Waals surface area contributed by atoms with Crippen molar-refractivity contribution >= 4 is 34.7 Å². The second kappa shape index (κ2) is 8.37. The monoisotopic (exact) mass is 430 g/mol. The lowest BCUT2D eigenvalue weighted by molar-refractivity contribution is -0.0165. The van der Waals surface area contributed by atoms with E-state index in [1.54, 1.807) is 14.2 Å². The lowest BCUT2D eigenvalue weighted by atomic mass is 10.1. The first-order valence-electron chi connectivity index (χ1n) is 9.51. The number of carbonyl (C=O) groups is 1. The Morgan fingerprint density at radius 3 is 2.83 bits per heavy atom. The first kappa shape index (κ1) is 20.2. The van der Waals surface area contributed by atoms with Gasteiger partial charge in [-0.25, -0.2) is 9.78 Å². The van der Waals surface area contributed by atoms with Gasteiger partial charge in [0.15, 0.2) is 5.15 Å². The predicted molar refractivity (Wildman–Crippen MR) is 114 cm³/mol. The average molecular weight is 431 g/mol. The number of nitrogens with zero attached hydrogens (tertiary/aromatic N) is 4. The molecule has 1 aromatic carbocycles. The Morgan fingerprint density at radius 2 is 2.10 bits per heavy atom. The van der Waals surface area contributed by atoms with Crippen LogP contribution in [0.4, 0.5) is 10.7 Å². The summed E-state index contributed by atoms with van der Waals surface area (Å²) in [6.07, 6.45) is 1.45. The third-order valence-corrected chi connectivity index (χ3v) is 5.35. The molecule has 30 heavy (non-hydrogen) atoms. The molecule has 3 N–H and O–H groups in total. The third kappa shape index (κ3) is 4.12. The van der Waals surface area contributed by atoms with Gasteiger partial charge in [-0.15, -0.1) is 0 Å². The number of amides is 1. The van der Waals surface area contributed by atoms with Crippen molar-refractivity contribution < 1.29 is 14.3 Å². The lowest BCUT2D eigenvalue weighted by Gasteiger charge is -2.38. The number of likely N-dealkylation sites (tertiary alicyclic amines) is 1. The molecule has 1 aliphatic heterocycles. The number of fused-ring (bicyclic) bond motifs is 1. The number of ether oxygens (including phenoxy) is 2. The van der Waals surface area contributed by atoms with Crippen LogP contribution in [0.2, 0.25) is 5.15 Å². The molecular formula is C20H23ClN6O3. The maximum Gasteiger partial charge on any atom is 0.407 e. The number of nitrogens with one attached hydrogen (secondary N) is 1. The van der Waals surface area contributed by atoms with Crippen molar-refractivity contribution in [2.45, 2.75) is 19.2 Å². The smallest absolute Gasteiger partial charge is 0.407 e. The van der Waals surface area contributed by atoms with E-state index in [1.807, 2.05) is 29.0 Å². The summed E-state index contributed by atoms with van der Waals surface area (Å²) in [5.74, 6) is 0.946. The van der Waals surface area contributed by atoms with Crippen molar-refractivity contribution in [2.75, 3.05) is 33.0 Å². The second-order valence-corrected chi connectivity index (χ2v) is 7.53. The summed E-state index contributed by atoms with van der Waals surface area (Å²) >= 11 is 6.28. The van der Waals surface area contributed by atoms with Gasteiger partial charge >= 0.3 is 6.09 Å². The molecule has 0 aliphatic carbocycles. The standard InChI is InChI=1S/C20H23ClN6O3/c1-23-20(28)30-14-10-26(11-14)8-12-3-4-13(16(7-12)29-2)9-27-6-5-15-17(27)18(21)25-19(22)24-15/h3-7,14H,8-11H2,1-2H3,(H,23,28)(H2,22,24,25). The molecule has 1 fully saturated rings. The van der Waals surface area contributed by atoms with E-state index in [1.165, 1.54) is 0 Å². The Morgan fingerprint density at radius 1 is 1.30 bits per heavy atom. The fourth-order valence-electron chi connectivity index (χ4n) is 3.61. The fraction of sp³-hybridized carbons (Fsp3) is 0.350. The summed E-state index contributed by atoms with van der Waals surface area (Å²) in [4.78, 5) is 21.7. The summed E-state index contributed by atoms with van der Waals surface area (Å²) in [6.45, 7) is 2.75. The first-order chi connectivity index (χ1) is 14.5. The van der Waals surface area contributed by atoms with Crippen LogP contribution < -0.4 is 15.8 Å². The highest BCUT2D eigenvalue weighted by atomic mass is 35.5. The summed E-state index contributed by atoms with van der Waals surface area (Å²) in [7, 11) is 3.21. The number of nitrogen functional groups attached to an aromatic ring is 1. The molecule has 0 bridgehead atoms. The molecule has 0 unspecified atom stereocenters. The van der Waals surface area contributed by atoms with E-state index in [9.17, 15) is 4.79 Å². The molecule has 1 saturated heterocycles. The van der Waals surface area contributed by atoms with E-state index in [2.05, 4.69) is 26.3 Å². The second-order valence-electron chi connectivity index (χ2n) is 7.17. The molecule has 158 valence electrons. The quantitative estimate of drug-likeness (QED) is 0.577. The Kier molecular flexibility index (Phi) is 5.65. The number of anilines is 1. The van der Waals surface area contributed by atoms with Crippen LogP contribution in [-0.2, 0) is 17.8 Å². The SMILES string of the molecule is CNC(=O)OC1CN(Cc2ccc(Cn3ccc4nc(N)nc(Cl)c43)c(OC)c2)C1. The summed E-state index contributed by atoms with van der Waals surface area (Å²) in [5, 5.41) is 2.79. The zero-order valence-electron chi connectivity index (χ0n) is 16.8. The number of hydrogen-bond donors (Lipinski definition) is 2. The number of alkyl carbamates (subject to hydrolysis) is 1. The fourth-order valence-corrected chi connectivity index (χ4v) is 3.90. The van der Waals surface area contributed by atoms with E-state index in [0.717, 1.165) is 28.9 Å². The topological polar surface area (TPSA) is 108 Å². The Balaban J connectivity index is 1.45. The number of carbonyl (C=O) groups excluding carboxylic acids is 1. The third-order valence-electron chi connectivity index (χ3n) is 5.09. The number of nitrogens with two attached hydrogens (primary N) is 1. The Hall–Kier alpha value is -3.04. The molecule has 3 aromatic rings. The van der Waals surface area contributed by atoms with Gasteiger partial charge in [-0.1, -0.05) is 23.7 Å². The molecule has 1 amide bonds. The van der Waals surface area contributed by atoms with Crippen LogP contribution in [0.1, 0.15) is 11.1 Å². The Labute approximate surface area is 178 Å². The van der Waals surface area contributed by atoms with Crippen molar-refractivity contribution in [3.63, 3.8) is 0 Å². The maximum atomic E-state index is 11.3. The van der Waals surface area contributed by atoms with E-state index in [0.29, 0.717) is 30.3 Å².